The summed E-state index contributed by atoms with van der Waals surface area (Å²) in [6, 6.07) is 7.04. The maximum atomic E-state index is 12.9. The van der Waals surface area contributed by atoms with Gasteiger partial charge in [0.2, 0.25) is 5.91 Å². The standard InChI is InChI=1S/C17H17FN4O3/c1-10-13(17(25)22-15(21-10)6-7-20-22)8-16(24)19-9-14(23)11-2-4-12(18)5-3-11/h2-7,14,20,23H,8-9H2,1H3,(H,19,24). The number of aromatic nitrogens is 3. The molecule has 1 aromatic carbocycles. The maximum Gasteiger partial charge on any atom is 0.276 e. The summed E-state index contributed by atoms with van der Waals surface area (Å²) in [7, 11) is 0. The molecular weight excluding hydrogens is 327 g/mol. The van der Waals surface area contributed by atoms with Crippen molar-refractivity contribution in [3.8, 4) is 0 Å². The van der Waals surface area contributed by atoms with Crippen molar-refractivity contribution >= 4 is 11.6 Å². The van der Waals surface area contributed by atoms with E-state index in [2.05, 4.69) is 15.4 Å². The van der Waals surface area contributed by atoms with Crippen LogP contribution >= 0.6 is 0 Å². The van der Waals surface area contributed by atoms with Gasteiger partial charge in [-0.25, -0.2) is 13.9 Å². The van der Waals surface area contributed by atoms with Crippen molar-refractivity contribution in [1.82, 2.24) is 19.9 Å². The highest BCUT2D eigenvalue weighted by atomic mass is 19.1. The lowest BCUT2D eigenvalue weighted by atomic mass is 10.1. The summed E-state index contributed by atoms with van der Waals surface area (Å²) >= 11 is 0. The Morgan fingerprint density at radius 2 is 2.08 bits per heavy atom. The van der Waals surface area contributed by atoms with Crippen LogP contribution in [0.5, 0.6) is 0 Å². The van der Waals surface area contributed by atoms with Crippen molar-refractivity contribution < 1.29 is 14.3 Å². The Kier molecular flexibility index (Phi) is 4.62. The number of fused-ring (bicyclic) bond motifs is 1. The minimum atomic E-state index is -0.962. The van der Waals surface area contributed by atoms with Gasteiger partial charge in [0.25, 0.3) is 5.56 Å². The number of aromatic amines is 1. The number of rotatable bonds is 5. The van der Waals surface area contributed by atoms with Gasteiger partial charge in [0, 0.05) is 30.1 Å². The number of carbonyl (C=O) groups excluding carboxylic acids is 1. The van der Waals surface area contributed by atoms with Crippen molar-refractivity contribution in [2.75, 3.05) is 6.54 Å². The maximum absolute atomic E-state index is 12.9. The summed E-state index contributed by atoms with van der Waals surface area (Å²) < 4.78 is 14.1. The molecule has 0 spiro atoms. The second-order valence-electron chi connectivity index (χ2n) is 5.69. The average molecular weight is 344 g/mol. The molecule has 1 atom stereocenters. The van der Waals surface area contributed by atoms with Crippen LogP contribution in [0.15, 0.2) is 41.3 Å². The van der Waals surface area contributed by atoms with Crippen LogP contribution < -0.4 is 10.9 Å². The summed E-state index contributed by atoms with van der Waals surface area (Å²) in [5.74, 6) is -0.808. The molecule has 3 aromatic rings. The number of hydrogen-bond acceptors (Lipinski definition) is 4. The molecular formula is C17H17FN4O3. The fraction of sp³-hybridized carbons (Fsp3) is 0.235. The fourth-order valence-electron chi connectivity index (χ4n) is 2.55. The van der Waals surface area contributed by atoms with Gasteiger partial charge in [-0.1, -0.05) is 12.1 Å². The third kappa shape index (κ3) is 3.58. The van der Waals surface area contributed by atoms with Gasteiger partial charge in [0.1, 0.15) is 5.82 Å². The van der Waals surface area contributed by atoms with Gasteiger partial charge >= 0.3 is 0 Å². The van der Waals surface area contributed by atoms with E-state index in [-0.39, 0.29) is 24.1 Å². The lowest BCUT2D eigenvalue weighted by molar-refractivity contribution is -0.120. The Morgan fingerprint density at radius 3 is 2.80 bits per heavy atom. The number of amides is 1. The Bertz CT molecular complexity index is 962. The Labute approximate surface area is 142 Å². The number of nitrogens with zero attached hydrogens (tertiary/aromatic N) is 2. The minimum absolute atomic E-state index is 0.0387. The van der Waals surface area contributed by atoms with Crippen LogP contribution in [0.3, 0.4) is 0 Å². The lowest BCUT2D eigenvalue weighted by Gasteiger charge is -2.12. The molecule has 0 bridgehead atoms. The Balaban J connectivity index is 1.67. The molecule has 0 fully saturated rings. The first kappa shape index (κ1) is 16.8. The van der Waals surface area contributed by atoms with Gasteiger partial charge in [-0.05, 0) is 24.6 Å². The summed E-state index contributed by atoms with van der Waals surface area (Å²) in [4.78, 5) is 28.7. The van der Waals surface area contributed by atoms with E-state index in [1.165, 1.54) is 28.8 Å². The molecule has 0 saturated heterocycles. The molecule has 0 aliphatic heterocycles. The monoisotopic (exact) mass is 344 g/mol. The smallest absolute Gasteiger partial charge is 0.276 e. The molecule has 1 amide bonds. The van der Waals surface area contributed by atoms with E-state index in [4.69, 9.17) is 0 Å². The van der Waals surface area contributed by atoms with Crippen molar-refractivity contribution in [1.29, 1.82) is 0 Å². The topological polar surface area (TPSA) is 99.5 Å². The van der Waals surface area contributed by atoms with Gasteiger partial charge in [0.05, 0.1) is 12.5 Å². The molecule has 0 radical (unpaired) electrons. The molecule has 0 aliphatic rings. The van der Waals surface area contributed by atoms with E-state index >= 15 is 0 Å². The molecule has 3 rings (SSSR count). The highest BCUT2D eigenvalue weighted by Crippen LogP contribution is 2.12. The zero-order valence-corrected chi connectivity index (χ0v) is 13.5. The third-order valence-electron chi connectivity index (χ3n) is 3.93. The van der Waals surface area contributed by atoms with E-state index in [1.807, 2.05) is 0 Å². The number of aliphatic hydroxyl groups is 1. The van der Waals surface area contributed by atoms with E-state index in [9.17, 15) is 19.1 Å². The van der Waals surface area contributed by atoms with Crippen LogP contribution in [0.2, 0.25) is 0 Å². The number of nitrogens with one attached hydrogen (secondary N) is 2. The van der Waals surface area contributed by atoms with Crippen LogP contribution in [-0.4, -0.2) is 32.2 Å². The van der Waals surface area contributed by atoms with Gasteiger partial charge in [-0.15, -0.1) is 0 Å². The summed E-state index contributed by atoms with van der Waals surface area (Å²) in [5, 5.41) is 15.3. The molecule has 3 N–H and O–H groups in total. The first-order valence-corrected chi connectivity index (χ1v) is 7.71. The molecule has 130 valence electrons. The lowest BCUT2D eigenvalue weighted by Crippen LogP contribution is -2.32. The summed E-state index contributed by atoms with van der Waals surface area (Å²) in [5.41, 5.74) is 1.42. The number of benzene rings is 1. The quantitative estimate of drug-likeness (QED) is 0.639. The van der Waals surface area contributed by atoms with Gasteiger partial charge in [-0.3, -0.25) is 14.7 Å². The molecule has 7 nitrogen and oxygen atoms in total. The molecule has 2 heterocycles. The van der Waals surface area contributed by atoms with E-state index < -0.39 is 17.8 Å². The molecule has 0 saturated carbocycles. The number of aryl methyl sites for hydroxylation is 1. The second-order valence-corrected chi connectivity index (χ2v) is 5.69. The molecule has 1 unspecified atom stereocenters. The summed E-state index contributed by atoms with van der Waals surface area (Å²) in [6.45, 7) is 1.63. The average Bonchev–Trinajstić information content (AvgIpc) is 3.05. The van der Waals surface area contributed by atoms with Crippen molar-refractivity contribution in [3.63, 3.8) is 0 Å². The molecule has 0 aliphatic carbocycles. The molecule has 25 heavy (non-hydrogen) atoms. The van der Waals surface area contributed by atoms with Crippen LogP contribution in [0, 0.1) is 12.7 Å². The predicted molar refractivity (Wildman–Crippen MR) is 88.6 cm³/mol. The Morgan fingerprint density at radius 1 is 1.36 bits per heavy atom. The van der Waals surface area contributed by atoms with Gasteiger partial charge in [0.15, 0.2) is 5.65 Å². The molecule has 8 heteroatoms. The first-order chi connectivity index (χ1) is 12.0. The van der Waals surface area contributed by atoms with Crippen LogP contribution in [0.4, 0.5) is 4.39 Å². The third-order valence-corrected chi connectivity index (χ3v) is 3.93. The summed E-state index contributed by atoms with van der Waals surface area (Å²) in [6.07, 6.45) is 0.484. The van der Waals surface area contributed by atoms with Crippen molar-refractivity contribution in [3.05, 3.63) is 69.5 Å². The van der Waals surface area contributed by atoms with E-state index in [0.717, 1.165) is 0 Å². The molecule has 2 aromatic heterocycles. The number of aliphatic hydroxyl groups excluding tert-OH is 1. The number of hydrogen-bond donors (Lipinski definition) is 3. The van der Waals surface area contributed by atoms with Gasteiger partial charge in [-0.2, -0.15) is 0 Å². The van der Waals surface area contributed by atoms with E-state index in [0.29, 0.717) is 16.9 Å². The fourth-order valence-corrected chi connectivity index (χ4v) is 2.55. The van der Waals surface area contributed by atoms with Crippen molar-refractivity contribution in [2.24, 2.45) is 0 Å². The normalized spacial score (nSPS) is 12.3. The second kappa shape index (κ2) is 6.86. The minimum Gasteiger partial charge on any atom is -0.387 e. The highest BCUT2D eigenvalue weighted by Gasteiger charge is 2.15. The van der Waals surface area contributed by atoms with Gasteiger partial charge < -0.3 is 10.4 Å². The Hall–Kier alpha value is -3.00. The van der Waals surface area contributed by atoms with E-state index in [1.54, 1.807) is 19.2 Å². The highest BCUT2D eigenvalue weighted by molar-refractivity contribution is 5.78. The van der Waals surface area contributed by atoms with Crippen LogP contribution in [0.1, 0.15) is 22.9 Å². The zero-order valence-electron chi connectivity index (χ0n) is 13.5. The predicted octanol–water partition coefficient (Wildman–Crippen LogP) is 0.862. The number of H-pyrrole nitrogens is 1. The van der Waals surface area contributed by atoms with Crippen molar-refractivity contribution in [2.45, 2.75) is 19.4 Å². The first-order valence-electron chi connectivity index (χ1n) is 7.71. The van der Waals surface area contributed by atoms with Crippen LogP contribution in [-0.2, 0) is 11.2 Å². The largest absolute Gasteiger partial charge is 0.387 e. The number of carbonyl (C=O) groups is 1. The SMILES string of the molecule is Cc1nc2cc[nH]n2c(=O)c1CC(=O)NCC(O)c1ccc(F)cc1. The zero-order chi connectivity index (χ0) is 18.0. The van der Waals surface area contributed by atoms with Crippen LogP contribution in [0.25, 0.3) is 5.65 Å². The number of halogens is 1.